The zero-order valence-electron chi connectivity index (χ0n) is 13.9. The topological polar surface area (TPSA) is 38.7 Å². The van der Waals surface area contributed by atoms with Crippen molar-refractivity contribution in [1.29, 1.82) is 0 Å². The molecule has 6 heteroatoms. The monoisotopic (exact) mass is 401 g/mol. The van der Waals surface area contributed by atoms with Crippen LogP contribution >= 0.6 is 35.1 Å². The van der Waals surface area contributed by atoms with Crippen molar-refractivity contribution in [2.24, 2.45) is 4.99 Å². The first-order chi connectivity index (χ1) is 12.7. The van der Waals surface area contributed by atoms with Gasteiger partial charge in [0.05, 0.1) is 0 Å². The minimum Gasteiger partial charge on any atom is -0.488 e. The largest absolute Gasteiger partial charge is 0.488 e. The Morgan fingerprint density at radius 3 is 2.77 bits per heavy atom. The number of carbonyl (C=O) groups excluding carboxylic acids is 1. The number of hydrogen-bond donors (Lipinski definition) is 0. The Bertz CT molecular complexity index is 893. The van der Waals surface area contributed by atoms with Crippen LogP contribution < -0.4 is 4.74 Å². The van der Waals surface area contributed by atoms with E-state index < -0.39 is 0 Å². The third-order valence-electron chi connectivity index (χ3n) is 3.48. The van der Waals surface area contributed by atoms with Gasteiger partial charge >= 0.3 is 0 Å². The number of halogens is 1. The van der Waals surface area contributed by atoms with Gasteiger partial charge in [-0.25, -0.2) is 4.99 Å². The summed E-state index contributed by atoms with van der Waals surface area (Å²) in [4.78, 5) is 16.6. The highest BCUT2D eigenvalue weighted by Gasteiger charge is 2.22. The first kappa shape index (κ1) is 18.8. The predicted octanol–water partition coefficient (Wildman–Crippen LogP) is 5.81. The van der Waals surface area contributed by atoms with Crippen LogP contribution in [0.4, 0.5) is 0 Å². The lowest BCUT2D eigenvalue weighted by Crippen LogP contribution is -1.98. The summed E-state index contributed by atoms with van der Waals surface area (Å²) < 4.78 is 6.67. The summed E-state index contributed by atoms with van der Waals surface area (Å²) in [6.45, 7) is 4.03. The van der Waals surface area contributed by atoms with E-state index in [0.717, 1.165) is 33.0 Å². The molecule has 0 radical (unpaired) electrons. The maximum absolute atomic E-state index is 12.2. The van der Waals surface area contributed by atoms with Crippen LogP contribution in [0.5, 0.6) is 5.75 Å². The third kappa shape index (κ3) is 4.81. The quantitative estimate of drug-likeness (QED) is 0.452. The van der Waals surface area contributed by atoms with Crippen molar-refractivity contribution in [3.8, 4) is 5.75 Å². The van der Waals surface area contributed by atoms with Crippen LogP contribution in [-0.4, -0.2) is 15.2 Å². The SMILES string of the molecule is C=CCSC1=N/C(=C/c2ccccc2OCc2ccccc2Cl)C(=O)S1. The van der Waals surface area contributed by atoms with Crippen molar-refractivity contribution in [3.63, 3.8) is 0 Å². The Kier molecular flexibility index (Phi) is 6.61. The van der Waals surface area contributed by atoms with E-state index in [9.17, 15) is 4.79 Å². The van der Waals surface area contributed by atoms with Crippen molar-refractivity contribution >= 4 is 50.7 Å². The average molecular weight is 402 g/mol. The van der Waals surface area contributed by atoms with E-state index in [0.29, 0.717) is 23.1 Å². The van der Waals surface area contributed by atoms with Gasteiger partial charge in [0.15, 0.2) is 0 Å². The molecule has 0 saturated carbocycles. The molecule has 0 saturated heterocycles. The molecule has 0 aromatic heterocycles. The van der Waals surface area contributed by atoms with Crippen LogP contribution in [0.15, 0.2) is 71.9 Å². The van der Waals surface area contributed by atoms with E-state index in [-0.39, 0.29) is 5.12 Å². The van der Waals surface area contributed by atoms with Gasteiger partial charge in [0.2, 0.25) is 5.12 Å². The fourth-order valence-electron chi connectivity index (χ4n) is 2.23. The number of thioether (sulfide) groups is 2. The van der Waals surface area contributed by atoms with E-state index in [1.165, 1.54) is 11.8 Å². The summed E-state index contributed by atoms with van der Waals surface area (Å²) in [7, 11) is 0. The highest BCUT2D eigenvalue weighted by Crippen LogP contribution is 2.32. The third-order valence-corrected chi connectivity index (χ3v) is 5.85. The van der Waals surface area contributed by atoms with Crippen molar-refractivity contribution in [1.82, 2.24) is 0 Å². The van der Waals surface area contributed by atoms with Gasteiger partial charge in [-0.15, -0.1) is 6.58 Å². The van der Waals surface area contributed by atoms with Crippen molar-refractivity contribution in [2.75, 3.05) is 5.75 Å². The zero-order valence-corrected chi connectivity index (χ0v) is 16.2. The number of hydrogen-bond acceptors (Lipinski definition) is 5. The Morgan fingerprint density at radius 2 is 1.96 bits per heavy atom. The van der Waals surface area contributed by atoms with E-state index >= 15 is 0 Å². The second kappa shape index (κ2) is 9.12. The summed E-state index contributed by atoms with van der Waals surface area (Å²) in [6, 6.07) is 15.1. The summed E-state index contributed by atoms with van der Waals surface area (Å²) in [5.41, 5.74) is 2.14. The second-order valence-corrected chi connectivity index (χ2v) is 7.95. The van der Waals surface area contributed by atoms with Gasteiger partial charge in [-0.1, -0.05) is 65.8 Å². The molecule has 0 N–H and O–H groups in total. The zero-order chi connectivity index (χ0) is 18.4. The maximum atomic E-state index is 12.2. The van der Waals surface area contributed by atoms with E-state index in [2.05, 4.69) is 11.6 Å². The predicted molar refractivity (Wildman–Crippen MR) is 113 cm³/mol. The van der Waals surface area contributed by atoms with Gasteiger partial charge in [-0.2, -0.15) is 0 Å². The Labute approximate surface area is 166 Å². The molecule has 0 amide bonds. The molecule has 132 valence electrons. The number of para-hydroxylation sites is 1. The van der Waals surface area contributed by atoms with E-state index in [1.807, 2.05) is 48.5 Å². The van der Waals surface area contributed by atoms with Crippen LogP contribution in [0.1, 0.15) is 11.1 Å². The van der Waals surface area contributed by atoms with Gasteiger partial charge in [0, 0.05) is 21.9 Å². The second-order valence-electron chi connectivity index (χ2n) is 5.31. The van der Waals surface area contributed by atoms with Crippen LogP contribution in [0, 0.1) is 0 Å². The summed E-state index contributed by atoms with van der Waals surface area (Å²) in [6.07, 6.45) is 3.55. The van der Waals surface area contributed by atoms with E-state index in [1.54, 1.807) is 12.2 Å². The molecule has 3 nitrogen and oxygen atoms in total. The summed E-state index contributed by atoms with van der Waals surface area (Å²) in [5.74, 6) is 1.41. The molecule has 0 spiro atoms. The van der Waals surface area contributed by atoms with Gasteiger partial charge in [-0.3, -0.25) is 4.79 Å². The Balaban J connectivity index is 1.79. The smallest absolute Gasteiger partial charge is 0.244 e. The minimum atomic E-state index is -0.0579. The Hall–Kier alpha value is -1.95. The molecular formula is C20H16ClNO2S2. The average Bonchev–Trinajstić information content (AvgIpc) is 3.00. The fraction of sp³-hybridized carbons (Fsp3) is 0.100. The molecule has 0 bridgehead atoms. The lowest BCUT2D eigenvalue weighted by Gasteiger charge is -2.10. The lowest BCUT2D eigenvalue weighted by atomic mass is 10.1. The van der Waals surface area contributed by atoms with Crippen LogP contribution in [-0.2, 0) is 11.4 Å². The molecule has 0 unspecified atom stereocenters. The molecule has 0 atom stereocenters. The number of nitrogens with zero attached hydrogens (tertiary/aromatic N) is 1. The van der Waals surface area contributed by atoms with Gasteiger partial charge in [0.25, 0.3) is 0 Å². The van der Waals surface area contributed by atoms with Gasteiger partial charge in [0.1, 0.15) is 22.4 Å². The van der Waals surface area contributed by atoms with Crippen molar-refractivity contribution in [2.45, 2.75) is 6.61 Å². The maximum Gasteiger partial charge on any atom is 0.244 e. The number of ether oxygens (including phenoxy) is 1. The summed E-state index contributed by atoms with van der Waals surface area (Å²) in [5, 5.41) is 0.608. The molecular weight excluding hydrogens is 386 g/mol. The molecule has 1 aliphatic heterocycles. The van der Waals surface area contributed by atoms with Crippen LogP contribution in [0.25, 0.3) is 6.08 Å². The van der Waals surface area contributed by atoms with Crippen molar-refractivity contribution < 1.29 is 9.53 Å². The summed E-state index contributed by atoms with van der Waals surface area (Å²) >= 11 is 8.83. The molecule has 0 aliphatic carbocycles. The number of aliphatic imine (C=N–C) groups is 1. The number of benzene rings is 2. The van der Waals surface area contributed by atoms with Crippen LogP contribution in [0.3, 0.4) is 0 Å². The normalized spacial score (nSPS) is 15.2. The van der Waals surface area contributed by atoms with Crippen molar-refractivity contribution in [3.05, 3.63) is 83.0 Å². The molecule has 26 heavy (non-hydrogen) atoms. The number of rotatable bonds is 6. The highest BCUT2D eigenvalue weighted by atomic mass is 35.5. The molecule has 1 aliphatic rings. The standard InChI is InChI=1S/C20H16ClNO2S2/c1-2-11-25-20-22-17(19(23)26-20)12-14-7-4-6-10-18(14)24-13-15-8-3-5-9-16(15)21/h2-10,12H,1,11,13H2/b17-12+. The first-order valence-electron chi connectivity index (χ1n) is 7.89. The molecule has 0 fully saturated rings. The Morgan fingerprint density at radius 1 is 1.19 bits per heavy atom. The molecule has 2 aromatic carbocycles. The molecule has 1 heterocycles. The fourth-order valence-corrected chi connectivity index (χ4v) is 4.02. The van der Waals surface area contributed by atoms with Gasteiger partial charge < -0.3 is 4.74 Å². The van der Waals surface area contributed by atoms with E-state index in [4.69, 9.17) is 16.3 Å². The minimum absolute atomic E-state index is 0.0579. The lowest BCUT2D eigenvalue weighted by molar-refractivity contribution is -0.107. The molecule has 2 aromatic rings. The molecule has 3 rings (SSSR count). The first-order valence-corrected chi connectivity index (χ1v) is 10.1. The number of carbonyl (C=O) groups is 1. The van der Waals surface area contributed by atoms with Gasteiger partial charge in [-0.05, 0) is 30.0 Å². The van der Waals surface area contributed by atoms with Crippen LogP contribution in [0.2, 0.25) is 5.02 Å². The highest BCUT2D eigenvalue weighted by molar-refractivity contribution is 8.45.